The van der Waals surface area contributed by atoms with E-state index < -0.39 is 19.6 Å². The lowest BCUT2D eigenvalue weighted by atomic mass is 10.1. The van der Waals surface area contributed by atoms with Crippen molar-refractivity contribution < 1.29 is 23.9 Å². The van der Waals surface area contributed by atoms with Crippen LogP contribution >= 0.6 is 19.4 Å². The number of unbranched alkanes of at least 4 members (excludes halogenated alkanes) is 5. The Kier molecular flexibility index (Phi) is 9.29. The van der Waals surface area contributed by atoms with Gasteiger partial charge in [0.05, 0.1) is 6.61 Å². The number of ether oxygens (including phenoxy) is 1. The van der Waals surface area contributed by atoms with Crippen LogP contribution in [0.2, 0.25) is 0 Å². The van der Waals surface area contributed by atoms with Gasteiger partial charge in [0.1, 0.15) is 11.5 Å². The predicted molar refractivity (Wildman–Crippen MR) is 93.1 cm³/mol. The molecule has 1 heterocycles. The average Bonchev–Trinajstić information content (AvgIpc) is 2.50. The lowest BCUT2D eigenvalue weighted by Crippen LogP contribution is -2.42. The first-order chi connectivity index (χ1) is 10.9. The fourth-order valence-corrected chi connectivity index (χ4v) is 4.79. The Morgan fingerprint density at radius 1 is 1.26 bits per heavy atom. The maximum atomic E-state index is 11.8. The molecule has 0 spiro atoms. The summed E-state index contributed by atoms with van der Waals surface area (Å²) in [5.74, 6) is -0.0300. The Morgan fingerprint density at radius 2 is 1.91 bits per heavy atom. The van der Waals surface area contributed by atoms with E-state index in [4.69, 9.17) is 4.74 Å². The second-order valence-corrected chi connectivity index (χ2v) is 8.24. The highest BCUT2D eigenvalue weighted by Crippen LogP contribution is 2.50. The van der Waals surface area contributed by atoms with Gasteiger partial charge in [0.2, 0.25) is 0 Å². The summed E-state index contributed by atoms with van der Waals surface area (Å²) < 4.78 is 16.6. The number of allylic oxidation sites excluding steroid dienone is 1. The summed E-state index contributed by atoms with van der Waals surface area (Å²) in [7, 11) is -4.42. The molecule has 0 aromatic carbocycles. The molecule has 1 aliphatic heterocycles. The molecule has 0 saturated heterocycles. The van der Waals surface area contributed by atoms with Crippen LogP contribution in [0.15, 0.2) is 10.3 Å². The zero-order valence-electron chi connectivity index (χ0n) is 13.9. The highest BCUT2D eigenvalue weighted by Gasteiger charge is 2.34. The SMILES string of the molecule is CCCCCCCCC1=C(P(=O)(O)O)N[C@H](C(=O)OCC)CS1. The summed E-state index contributed by atoms with van der Waals surface area (Å²) in [6.45, 7) is 4.13. The van der Waals surface area contributed by atoms with Gasteiger partial charge in [-0.2, -0.15) is 0 Å². The molecule has 0 radical (unpaired) electrons. The smallest absolute Gasteiger partial charge is 0.372 e. The van der Waals surface area contributed by atoms with E-state index in [0.29, 0.717) is 17.1 Å². The lowest BCUT2D eigenvalue weighted by molar-refractivity contribution is -0.144. The van der Waals surface area contributed by atoms with Gasteiger partial charge in [0.15, 0.2) is 0 Å². The van der Waals surface area contributed by atoms with Gasteiger partial charge in [-0.3, -0.25) is 4.57 Å². The fraction of sp³-hybridized carbons (Fsp3) is 0.800. The second-order valence-electron chi connectivity index (χ2n) is 5.59. The maximum Gasteiger partial charge on any atom is 0.372 e. The van der Waals surface area contributed by atoms with Crippen LogP contribution in [-0.4, -0.2) is 34.2 Å². The van der Waals surface area contributed by atoms with Crippen molar-refractivity contribution in [3.8, 4) is 0 Å². The van der Waals surface area contributed by atoms with E-state index in [2.05, 4.69) is 12.2 Å². The summed E-state index contributed by atoms with van der Waals surface area (Å²) in [6, 6.07) is -0.698. The van der Waals surface area contributed by atoms with E-state index in [-0.39, 0.29) is 12.0 Å². The van der Waals surface area contributed by atoms with Gasteiger partial charge >= 0.3 is 13.6 Å². The molecule has 134 valence electrons. The molecule has 0 aromatic heterocycles. The molecule has 0 bridgehead atoms. The van der Waals surface area contributed by atoms with Crippen LogP contribution in [0.1, 0.15) is 58.8 Å². The van der Waals surface area contributed by atoms with Crippen LogP contribution in [-0.2, 0) is 14.1 Å². The Labute approximate surface area is 142 Å². The molecule has 3 N–H and O–H groups in total. The van der Waals surface area contributed by atoms with E-state index >= 15 is 0 Å². The van der Waals surface area contributed by atoms with Crippen LogP contribution in [0.5, 0.6) is 0 Å². The standard InChI is InChI=1S/C15H28NO5PS/c1-3-5-6-7-8-9-10-13-14(22(18,19)20)16-12(11-23-13)15(17)21-4-2/h12,16H,3-11H2,1-2H3,(H2,18,19,20)/t12-/m0/s1. The number of hydrogen-bond donors (Lipinski definition) is 3. The normalized spacial score (nSPS) is 18.7. The first-order valence-corrected chi connectivity index (χ1v) is 10.8. The minimum atomic E-state index is -4.42. The number of hydrogen-bond acceptors (Lipinski definition) is 5. The summed E-state index contributed by atoms with van der Waals surface area (Å²) >= 11 is 1.35. The van der Waals surface area contributed by atoms with Gasteiger partial charge in [-0.1, -0.05) is 39.0 Å². The summed E-state index contributed by atoms with van der Waals surface area (Å²) in [5, 5.41) is 2.71. The van der Waals surface area contributed by atoms with Crippen LogP contribution in [0.3, 0.4) is 0 Å². The van der Waals surface area contributed by atoms with Gasteiger partial charge < -0.3 is 19.8 Å². The Hall–Kier alpha value is -0.490. The molecule has 1 aliphatic rings. The number of esters is 1. The van der Waals surface area contributed by atoms with E-state index in [1.165, 1.54) is 31.0 Å². The van der Waals surface area contributed by atoms with Crippen molar-refractivity contribution in [2.75, 3.05) is 12.4 Å². The zero-order valence-corrected chi connectivity index (χ0v) is 15.6. The van der Waals surface area contributed by atoms with Crippen LogP contribution in [0.25, 0.3) is 0 Å². The largest absolute Gasteiger partial charge is 0.464 e. The highest BCUT2D eigenvalue weighted by molar-refractivity contribution is 8.03. The number of carbonyl (C=O) groups is 1. The molecule has 6 nitrogen and oxygen atoms in total. The maximum absolute atomic E-state index is 11.8. The van der Waals surface area contributed by atoms with Gasteiger partial charge in [-0.25, -0.2) is 4.79 Å². The third-order valence-corrected chi connectivity index (χ3v) is 6.01. The minimum Gasteiger partial charge on any atom is -0.464 e. The van der Waals surface area contributed by atoms with Crippen molar-refractivity contribution in [2.24, 2.45) is 0 Å². The van der Waals surface area contributed by atoms with Crippen molar-refractivity contribution in [3.63, 3.8) is 0 Å². The Morgan fingerprint density at radius 3 is 2.52 bits per heavy atom. The topological polar surface area (TPSA) is 95.9 Å². The quantitative estimate of drug-likeness (QED) is 0.310. The Balaban J connectivity index is 2.62. The molecule has 1 rings (SSSR count). The van der Waals surface area contributed by atoms with Crippen LogP contribution in [0, 0.1) is 0 Å². The zero-order chi connectivity index (χ0) is 17.3. The van der Waals surface area contributed by atoms with Crippen molar-refractivity contribution in [2.45, 2.75) is 64.8 Å². The van der Waals surface area contributed by atoms with E-state index in [1.54, 1.807) is 6.92 Å². The summed E-state index contributed by atoms with van der Waals surface area (Å²) in [5.41, 5.74) is -0.0969. The number of nitrogens with one attached hydrogen (secondary N) is 1. The molecule has 0 amide bonds. The number of thioether (sulfide) groups is 1. The van der Waals surface area contributed by atoms with Crippen molar-refractivity contribution in [1.82, 2.24) is 5.32 Å². The summed E-state index contributed by atoms with van der Waals surface area (Å²) in [4.78, 5) is 31.5. The molecule has 1 atom stereocenters. The first kappa shape index (κ1) is 20.6. The number of rotatable bonds is 10. The van der Waals surface area contributed by atoms with Crippen LogP contribution < -0.4 is 5.32 Å². The molecular weight excluding hydrogens is 337 g/mol. The molecule has 0 aliphatic carbocycles. The van der Waals surface area contributed by atoms with Crippen molar-refractivity contribution in [1.29, 1.82) is 0 Å². The molecule has 0 aromatic rings. The summed E-state index contributed by atoms with van der Waals surface area (Å²) in [6.07, 6.45) is 7.38. The molecule has 8 heteroatoms. The lowest BCUT2D eigenvalue weighted by Gasteiger charge is -2.28. The molecule has 0 unspecified atom stereocenters. The van der Waals surface area contributed by atoms with E-state index in [9.17, 15) is 19.1 Å². The molecule has 0 fully saturated rings. The third kappa shape index (κ3) is 7.29. The van der Waals surface area contributed by atoms with Gasteiger partial charge in [0, 0.05) is 10.7 Å². The Bertz CT molecular complexity index is 463. The average molecular weight is 365 g/mol. The van der Waals surface area contributed by atoms with Crippen LogP contribution in [0.4, 0.5) is 0 Å². The van der Waals surface area contributed by atoms with Crippen molar-refractivity contribution in [3.05, 3.63) is 10.3 Å². The molecule has 0 saturated carbocycles. The van der Waals surface area contributed by atoms with Gasteiger partial charge in [-0.05, 0) is 19.8 Å². The van der Waals surface area contributed by atoms with Crippen molar-refractivity contribution >= 4 is 25.3 Å². The molecular formula is C15H28NO5PS. The molecule has 23 heavy (non-hydrogen) atoms. The van der Waals surface area contributed by atoms with Gasteiger partial charge in [-0.15, -0.1) is 11.8 Å². The van der Waals surface area contributed by atoms with E-state index in [1.807, 2.05) is 0 Å². The first-order valence-electron chi connectivity index (χ1n) is 8.25. The van der Waals surface area contributed by atoms with Gasteiger partial charge in [0.25, 0.3) is 0 Å². The highest BCUT2D eigenvalue weighted by atomic mass is 32.2. The number of carbonyl (C=O) groups excluding carboxylic acids is 1. The minimum absolute atomic E-state index is 0.0969. The predicted octanol–water partition coefficient (Wildman–Crippen LogP) is 3.35. The van der Waals surface area contributed by atoms with E-state index in [0.717, 1.165) is 19.3 Å². The monoisotopic (exact) mass is 365 g/mol. The fourth-order valence-electron chi connectivity index (χ4n) is 2.41. The second kappa shape index (κ2) is 10.4. The third-order valence-electron chi connectivity index (χ3n) is 3.62.